The fourth-order valence-electron chi connectivity index (χ4n) is 2.74. The predicted octanol–water partition coefficient (Wildman–Crippen LogP) is 0.481. The van der Waals surface area contributed by atoms with Gasteiger partial charge in [0.05, 0.1) is 6.42 Å². The highest BCUT2D eigenvalue weighted by molar-refractivity contribution is 6.01. The number of carbonyl (C=O) groups is 1. The van der Waals surface area contributed by atoms with Crippen molar-refractivity contribution < 1.29 is 4.79 Å². The van der Waals surface area contributed by atoms with E-state index in [4.69, 9.17) is 0 Å². The summed E-state index contributed by atoms with van der Waals surface area (Å²) in [7, 11) is 0. The van der Waals surface area contributed by atoms with Crippen LogP contribution in [0.3, 0.4) is 0 Å². The number of benzene rings is 1. The number of para-hydroxylation sites is 1. The van der Waals surface area contributed by atoms with Gasteiger partial charge in [-0.1, -0.05) is 18.2 Å². The molecule has 0 unspecified atom stereocenters. The summed E-state index contributed by atoms with van der Waals surface area (Å²) >= 11 is 0. The summed E-state index contributed by atoms with van der Waals surface area (Å²) < 4.78 is 0. The lowest BCUT2D eigenvalue weighted by molar-refractivity contribution is -0.117. The van der Waals surface area contributed by atoms with Crippen molar-refractivity contribution in [3.63, 3.8) is 0 Å². The Morgan fingerprint density at radius 2 is 1.89 bits per heavy atom. The van der Waals surface area contributed by atoms with Crippen LogP contribution in [0, 0.1) is 0 Å². The van der Waals surface area contributed by atoms with Crippen molar-refractivity contribution >= 4 is 11.6 Å². The van der Waals surface area contributed by atoms with Gasteiger partial charge >= 0.3 is 0 Å². The topological polar surface area (TPSA) is 35.6 Å². The lowest BCUT2D eigenvalue weighted by Crippen LogP contribution is -2.46. The molecule has 0 radical (unpaired) electrons. The quantitative estimate of drug-likeness (QED) is 0.841. The maximum absolute atomic E-state index is 12.0. The van der Waals surface area contributed by atoms with E-state index < -0.39 is 0 Å². The van der Waals surface area contributed by atoms with Gasteiger partial charge in [0.25, 0.3) is 0 Å². The van der Waals surface area contributed by atoms with Crippen molar-refractivity contribution in [2.75, 3.05) is 44.2 Å². The summed E-state index contributed by atoms with van der Waals surface area (Å²) in [6.07, 6.45) is 0.567. The van der Waals surface area contributed by atoms with E-state index in [9.17, 15) is 4.79 Å². The summed E-state index contributed by atoms with van der Waals surface area (Å²) in [5.74, 6) is 0.242. The number of fused-ring (bicyclic) bond motifs is 1. The van der Waals surface area contributed by atoms with E-state index >= 15 is 0 Å². The van der Waals surface area contributed by atoms with Crippen LogP contribution in [-0.2, 0) is 11.2 Å². The van der Waals surface area contributed by atoms with Crippen LogP contribution >= 0.6 is 0 Å². The second kappa shape index (κ2) is 5.08. The first-order valence-electron chi connectivity index (χ1n) is 6.66. The minimum absolute atomic E-state index is 0.242. The summed E-state index contributed by atoms with van der Waals surface area (Å²) in [4.78, 5) is 16.4. The Hall–Kier alpha value is -1.39. The molecule has 0 saturated carbocycles. The molecule has 4 nitrogen and oxygen atoms in total. The average Bonchev–Trinajstić information content (AvgIpc) is 2.73. The maximum Gasteiger partial charge on any atom is 0.231 e. The molecule has 96 valence electrons. The Balaban J connectivity index is 1.64. The van der Waals surface area contributed by atoms with E-state index in [2.05, 4.69) is 22.3 Å². The third-order valence-corrected chi connectivity index (χ3v) is 3.77. The van der Waals surface area contributed by atoms with Gasteiger partial charge in [0.15, 0.2) is 0 Å². The standard InChI is InChI=1S/C14H19N3O/c18-14-11-12-3-1-2-4-13(12)17(14)10-9-16-7-5-15-6-8-16/h1-4,15H,5-11H2. The number of amides is 1. The van der Waals surface area contributed by atoms with Crippen molar-refractivity contribution in [1.29, 1.82) is 0 Å². The largest absolute Gasteiger partial charge is 0.314 e. The lowest BCUT2D eigenvalue weighted by atomic mass is 10.2. The van der Waals surface area contributed by atoms with Gasteiger partial charge in [-0.3, -0.25) is 9.69 Å². The minimum Gasteiger partial charge on any atom is -0.314 e. The fourth-order valence-corrected chi connectivity index (χ4v) is 2.74. The van der Waals surface area contributed by atoms with Gasteiger partial charge in [-0.15, -0.1) is 0 Å². The van der Waals surface area contributed by atoms with Crippen LogP contribution in [0.4, 0.5) is 5.69 Å². The highest BCUT2D eigenvalue weighted by Gasteiger charge is 2.26. The normalized spacial score (nSPS) is 20.2. The smallest absolute Gasteiger partial charge is 0.231 e. The van der Waals surface area contributed by atoms with Gasteiger partial charge in [0, 0.05) is 45.0 Å². The molecule has 18 heavy (non-hydrogen) atoms. The number of piperazine rings is 1. The van der Waals surface area contributed by atoms with Crippen molar-refractivity contribution in [3.8, 4) is 0 Å². The number of hydrogen-bond acceptors (Lipinski definition) is 3. The molecule has 0 atom stereocenters. The summed E-state index contributed by atoms with van der Waals surface area (Å²) in [5.41, 5.74) is 2.28. The SMILES string of the molecule is O=C1Cc2ccccc2N1CCN1CCNCC1. The Bertz CT molecular complexity index is 440. The van der Waals surface area contributed by atoms with Crippen molar-refractivity contribution in [1.82, 2.24) is 10.2 Å². The van der Waals surface area contributed by atoms with Crippen LogP contribution in [-0.4, -0.2) is 50.1 Å². The summed E-state index contributed by atoms with van der Waals surface area (Å²) in [6, 6.07) is 8.12. The molecule has 1 N–H and O–H groups in total. The molecule has 1 saturated heterocycles. The molecule has 1 amide bonds. The van der Waals surface area contributed by atoms with Crippen molar-refractivity contribution in [3.05, 3.63) is 29.8 Å². The zero-order chi connectivity index (χ0) is 12.4. The number of anilines is 1. The fraction of sp³-hybridized carbons (Fsp3) is 0.500. The molecule has 1 aromatic carbocycles. The van der Waals surface area contributed by atoms with E-state index in [0.29, 0.717) is 6.42 Å². The first-order valence-corrected chi connectivity index (χ1v) is 6.66. The third-order valence-electron chi connectivity index (χ3n) is 3.77. The van der Waals surface area contributed by atoms with Gasteiger partial charge in [0.1, 0.15) is 0 Å². The first kappa shape index (κ1) is 11.7. The highest BCUT2D eigenvalue weighted by atomic mass is 16.2. The van der Waals surface area contributed by atoms with Crippen LogP contribution in [0.2, 0.25) is 0 Å². The monoisotopic (exact) mass is 245 g/mol. The number of hydrogen-bond donors (Lipinski definition) is 1. The lowest BCUT2D eigenvalue weighted by Gasteiger charge is -2.29. The van der Waals surface area contributed by atoms with Crippen LogP contribution in [0.25, 0.3) is 0 Å². The van der Waals surface area contributed by atoms with Crippen LogP contribution in [0.5, 0.6) is 0 Å². The van der Waals surface area contributed by atoms with Gasteiger partial charge < -0.3 is 10.2 Å². The summed E-state index contributed by atoms with van der Waals surface area (Å²) in [5, 5.41) is 3.34. The van der Waals surface area contributed by atoms with Gasteiger partial charge in [-0.2, -0.15) is 0 Å². The minimum atomic E-state index is 0.242. The average molecular weight is 245 g/mol. The molecule has 2 heterocycles. The molecule has 0 aliphatic carbocycles. The molecular weight excluding hydrogens is 226 g/mol. The molecule has 1 fully saturated rings. The molecule has 0 spiro atoms. The predicted molar refractivity (Wildman–Crippen MR) is 71.8 cm³/mol. The molecule has 4 heteroatoms. The van der Waals surface area contributed by atoms with Gasteiger partial charge in [-0.05, 0) is 11.6 Å². The highest BCUT2D eigenvalue weighted by Crippen LogP contribution is 2.27. The zero-order valence-electron chi connectivity index (χ0n) is 10.6. The van der Waals surface area contributed by atoms with Gasteiger partial charge in [-0.25, -0.2) is 0 Å². The third kappa shape index (κ3) is 2.26. The van der Waals surface area contributed by atoms with Gasteiger partial charge in [0.2, 0.25) is 5.91 Å². The first-order chi connectivity index (χ1) is 8.84. The number of carbonyl (C=O) groups excluding carboxylic acids is 1. The van der Waals surface area contributed by atoms with E-state index in [0.717, 1.165) is 45.0 Å². The Morgan fingerprint density at radius 3 is 2.72 bits per heavy atom. The molecule has 2 aliphatic heterocycles. The van der Waals surface area contributed by atoms with E-state index in [1.165, 1.54) is 5.56 Å². The number of nitrogens with zero attached hydrogens (tertiary/aromatic N) is 2. The Morgan fingerprint density at radius 1 is 1.11 bits per heavy atom. The van der Waals surface area contributed by atoms with E-state index in [1.807, 2.05) is 17.0 Å². The van der Waals surface area contributed by atoms with Crippen molar-refractivity contribution in [2.24, 2.45) is 0 Å². The van der Waals surface area contributed by atoms with Crippen LogP contribution in [0.1, 0.15) is 5.56 Å². The Kier molecular flexibility index (Phi) is 3.30. The van der Waals surface area contributed by atoms with Crippen molar-refractivity contribution in [2.45, 2.75) is 6.42 Å². The second-order valence-corrected chi connectivity index (χ2v) is 4.94. The van der Waals surface area contributed by atoms with E-state index in [-0.39, 0.29) is 5.91 Å². The Labute approximate surface area is 108 Å². The molecule has 0 aromatic heterocycles. The molecular formula is C14H19N3O. The van der Waals surface area contributed by atoms with Crippen LogP contribution in [0.15, 0.2) is 24.3 Å². The molecule has 2 aliphatic rings. The molecule has 0 bridgehead atoms. The number of rotatable bonds is 3. The zero-order valence-corrected chi connectivity index (χ0v) is 10.6. The summed E-state index contributed by atoms with van der Waals surface area (Å²) in [6.45, 7) is 6.08. The second-order valence-electron chi connectivity index (χ2n) is 4.94. The molecule has 1 aromatic rings. The maximum atomic E-state index is 12.0. The molecule has 3 rings (SSSR count). The van der Waals surface area contributed by atoms with Crippen LogP contribution < -0.4 is 10.2 Å². The number of nitrogens with one attached hydrogen (secondary N) is 1. The van der Waals surface area contributed by atoms with E-state index in [1.54, 1.807) is 0 Å².